The van der Waals surface area contributed by atoms with Gasteiger partial charge in [0.15, 0.2) is 0 Å². The van der Waals surface area contributed by atoms with Crippen LogP contribution in [0.15, 0.2) is 66.7 Å². The van der Waals surface area contributed by atoms with Crippen LogP contribution >= 0.6 is 22.9 Å². The average Bonchev–Trinajstić information content (AvgIpc) is 3.26. The van der Waals surface area contributed by atoms with Crippen LogP contribution in [0.25, 0.3) is 16.5 Å². The minimum atomic E-state index is -0.567. The van der Waals surface area contributed by atoms with E-state index in [1.165, 1.54) is 17.4 Å². The Bertz CT molecular complexity index is 1100. The first-order valence-corrected chi connectivity index (χ1v) is 9.55. The van der Waals surface area contributed by atoms with E-state index >= 15 is 0 Å². The molecular formula is C21H13ClN2O3S. The molecule has 5 nitrogen and oxygen atoms in total. The second kappa shape index (κ2) is 7.42. The second-order valence-electron chi connectivity index (χ2n) is 5.98. The number of halogens is 1. The predicted octanol–water partition coefficient (Wildman–Crippen LogP) is 4.41. The molecule has 2 heterocycles. The Kier molecular flexibility index (Phi) is 4.81. The Labute approximate surface area is 169 Å². The highest BCUT2D eigenvalue weighted by molar-refractivity contribution is 7.16. The van der Waals surface area contributed by atoms with Crippen LogP contribution in [0, 0.1) is 0 Å². The van der Waals surface area contributed by atoms with E-state index in [2.05, 4.69) is 5.43 Å². The summed E-state index contributed by atoms with van der Waals surface area (Å²) in [6.07, 6.45) is 2.91. The van der Waals surface area contributed by atoms with E-state index in [0.29, 0.717) is 5.02 Å². The number of hydrazine groups is 1. The largest absolute Gasteiger partial charge is 0.280 e. The SMILES string of the molecule is O=C(/C=C/c1ccc(-c2ccccc2Cl)s1)NN1C(=O)c2ccccc2C1=O. The molecule has 0 bridgehead atoms. The number of nitrogens with zero attached hydrogens (tertiary/aromatic N) is 1. The molecule has 138 valence electrons. The quantitative estimate of drug-likeness (QED) is 0.513. The van der Waals surface area contributed by atoms with Gasteiger partial charge in [-0.05, 0) is 36.4 Å². The standard InChI is InChI=1S/C21H13ClN2O3S/c22-17-8-4-3-7-16(17)18-11-9-13(28-18)10-12-19(25)23-24-20(26)14-5-1-2-6-15(14)21(24)27/h1-12H,(H,23,25)/b12-10+. The summed E-state index contributed by atoms with van der Waals surface area (Å²) in [7, 11) is 0. The Morgan fingerprint density at radius 1 is 0.893 bits per heavy atom. The third-order valence-electron chi connectivity index (χ3n) is 4.18. The van der Waals surface area contributed by atoms with Gasteiger partial charge in [-0.3, -0.25) is 19.8 Å². The second-order valence-corrected chi connectivity index (χ2v) is 7.51. The summed E-state index contributed by atoms with van der Waals surface area (Å²) >= 11 is 7.69. The number of imide groups is 1. The lowest BCUT2D eigenvalue weighted by atomic mass is 10.1. The van der Waals surface area contributed by atoms with Crippen LogP contribution < -0.4 is 5.43 Å². The summed E-state index contributed by atoms with van der Waals surface area (Å²) in [4.78, 5) is 38.5. The highest BCUT2D eigenvalue weighted by Crippen LogP contribution is 2.33. The number of carbonyl (C=O) groups excluding carboxylic acids is 3. The van der Waals surface area contributed by atoms with Crippen molar-refractivity contribution in [3.05, 3.63) is 87.8 Å². The van der Waals surface area contributed by atoms with Gasteiger partial charge in [0.1, 0.15) is 0 Å². The van der Waals surface area contributed by atoms with E-state index in [4.69, 9.17) is 11.6 Å². The Morgan fingerprint density at radius 2 is 1.50 bits per heavy atom. The lowest BCUT2D eigenvalue weighted by Gasteiger charge is -2.13. The molecule has 0 radical (unpaired) electrons. The fourth-order valence-corrected chi connectivity index (χ4v) is 4.09. The molecule has 1 aliphatic heterocycles. The van der Waals surface area contributed by atoms with Crippen molar-refractivity contribution >= 4 is 46.7 Å². The number of fused-ring (bicyclic) bond motifs is 1. The topological polar surface area (TPSA) is 66.5 Å². The molecule has 0 saturated carbocycles. The molecule has 7 heteroatoms. The first-order chi connectivity index (χ1) is 13.5. The molecule has 0 spiro atoms. The molecule has 0 aliphatic carbocycles. The van der Waals surface area contributed by atoms with Gasteiger partial charge in [-0.25, -0.2) is 0 Å². The lowest BCUT2D eigenvalue weighted by Crippen LogP contribution is -2.45. The van der Waals surface area contributed by atoms with Crippen molar-refractivity contribution in [2.24, 2.45) is 0 Å². The average molecular weight is 409 g/mol. The number of hydrogen-bond acceptors (Lipinski definition) is 4. The van der Waals surface area contributed by atoms with E-state index in [1.54, 1.807) is 30.3 Å². The monoisotopic (exact) mass is 408 g/mol. The molecule has 2 aromatic carbocycles. The van der Waals surface area contributed by atoms with E-state index in [-0.39, 0.29) is 11.1 Å². The van der Waals surface area contributed by atoms with Crippen LogP contribution in [0.1, 0.15) is 25.6 Å². The summed E-state index contributed by atoms with van der Waals surface area (Å²) in [5.41, 5.74) is 3.81. The minimum absolute atomic E-state index is 0.277. The third-order valence-corrected chi connectivity index (χ3v) is 5.59. The maximum absolute atomic E-state index is 12.3. The van der Waals surface area contributed by atoms with E-state index < -0.39 is 17.7 Å². The number of nitrogens with one attached hydrogen (secondary N) is 1. The van der Waals surface area contributed by atoms with Gasteiger partial charge >= 0.3 is 0 Å². The van der Waals surface area contributed by atoms with Crippen LogP contribution in [-0.2, 0) is 4.79 Å². The molecule has 28 heavy (non-hydrogen) atoms. The fourth-order valence-electron chi connectivity index (χ4n) is 2.84. The maximum Gasteiger partial charge on any atom is 0.280 e. The van der Waals surface area contributed by atoms with Crippen LogP contribution in [0.3, 0.4) is 0 Å². The maximum atomic E-state index is 12.3. The van der Waals surface area contributed by atoms with Gasteiger partial charge in [-0.15, -0.1) is 11.3 Å². The highest BCUT2D eigenvalue weighted by atomic mass is 35.5. The van der Waals surface area contributed by atoms with Crippen molar-refractivity contribution in [2.45, 2.75) is 0 Å². The van der Waals surface area contributed by atoms with Crippen molar-refractivity contribution in [3.63, 3.8) is 0 Å². The zero-order valence-electron chi connectivity index (χ0n) is 14.4. The molecule has 4 rings (SSSR count). The number of hydrogen-bond donors (Lipinski definition) is 1. The molecule has 3 amide bonds. The molecule has 0 saturated heterocycles. The molecule has 0 atom stereocenters. The number of benzene rings is 2. The summed E-state index contributed by atoms with van der Waals surface area (Å²) in [5, 5.41) is 1.39. The summed E-state index contributed by atoms with van der Waals surface area (Å²) < 4.78 is 0. The summed E-state index contributed by atoms with van der Waals surface area (Å²) in [6, 6.07) is 17.8. The smallest absolute Gasteiger partial charge is 0.268 e. The normalized spacial score (nSPS) is 13.2. The number of rotatable bonds is 4. The van der Waals surface area contributed by atoms with Gasteiger partial charge in [-0.2, -0.15) is 5.01 Å². The fraction of sp³-hybridized carbons (Fsp3) is 0. The van der Waals surface area contributed by atoms with Crippen LogP contribution in [-0.4, -0.2) is 22.7 Å². The summed E-state index contributed by atoms with van der Waals surface area (Å²) in [6.45, 7) is 0. The van der Waals surface area contributed by atoms with Crippen LogP contribution in [0.2, 0.25) is 5.02 Å². The zero-order chi connectivity index (χ0) is 19.7. The lowest BCUT2D eigenvalue weighted by molar-refractivity contribution is -0.119. The first-order valence-electron chi connectivity index (χ1n) is 8.36. The zero-order valence-corrected chi connectivity index (χ0v) is 16.0. The number of thiophene rings is 1. The van der Waals surface area contributed by atoms with Gasteiger partial charge in [0, 0.05) is 26.4 Å². The molecule has 0 fully saturated rings. The number of amides is 3. The van der Waals surface area contributed by atoms with E-state index in [0.717, 1.165) is 20.3 Å². The van der Waals surface area contributed by atoms with Gasteiger partial charge in [0.05, 0.1) is 11.1 Å². The predicted molar refractivity (Wildman–Crippen MR) is 109 cm³/mol. The molecule has 3 aromatic rings. The van der Waals surface area contributed by atoms with Crippen molar-refractivity contribution in [2.75, 3.05) is 0 Å². The van der Waals surface area contributed by atoms with Crippen LogP contribution in [0.4, 0.5) is 0 Å². The molecular weight excluding hydrogens is 396 g/mol. The molecule has 1 aliphatic rings. The molecule has 1 aromatic heterocycles. The van der Waals surface area contributed by atoms with Gasteiger partial charge in [0.25, 0.3) is 17.7 Å². The molecule has 0 unspecified atom stereocenters. The Balaban J connectivity index is 1.45. The van der Waals surface area contributed by atoms with Crippen LogP contribution in [0.5, 0.6) is 0 Å². The van der Waals surface area contributed by atoms with Crippen molar-refractivity contribution in [1.82, 2.24) is 10.4 Å². The van der Waals surface area contributed by atoms with Crippen molar-refractivity contribution in [3.8, 4) is 10.4 Å². The van der Waals surface area contributed by atoms with Gasteiger partial charge in [-0.1, -0.05) is 41.9 Å². The summed E-state index contributed by atoms with van der Waals surface area (Å²) in [5.74, 6) is -1.65. The molecule has 1 N–H and O–H groups in total. The number of carbonyl (C=O) groups is 3. The van der Waals surface area contributed by atoms with Gasteiger partial charge < -0.3 is 0 Å². The highest BCUT2D eigenvalue weighted by Gasteiger charge is 2.36. The first kappa shape index (κ1) is 18.2. The minimum Gasteiger partial charge on any atom is -0.268 e. The Morgan fingerprint density at radius 3 is 2.14 bits per heavy atom. The van der Waals surface area contributed by atoms with E-state index in [1.807, 2.05) is 36.4 Å². The Hall–Kier alpha value is -3.22. The third kappa shape index (κ3) is 3.35. The van der Waals surface area contributed by atoms with Gasteiger partial charge in [0.2, 0.25) is 0 Å². The van der Waals surface area contributed by atoms with E-state index in [9.17, 15) is 14.4 Å². The van der Waals surface area contributed by atoms with Crippen molar-refractivity contribution in [1.29, 1.82) is 0 Å². The van der Waals surface area contributed by atoms with Crippen molar-refractivity contribution < 1.29 is 14.4 Å².